The van der Waals surface area contributed by atoms with Crippen LogP contribution >= 0.6 is 15.9 Å². The molecule has 0 aromatic carbocycles. The molecular formula is C12H19BrN2O. The molecule has 1 aromatic heterocycles. The highest BCUT2D eigenvalue weighted by molar-refractivity contribution is 9.10. The summed E-state index contributed by atoms with van der Waals surface area (Å²) in [5.74, 6) is 0. The van der Waals surface area contributed by atoms with Crippen LogP contribution in [0.2, 0.25) is 0 Å². The first-order valence-corrected chi connectivity index (χ1v) is 6.65. The van der Waals surface area contributed by atoms with Crippen molar-refractivity contribution >= 4 is 15.9 Å². The molecular weight excluding hydrogens is 268 g/mol. The van der Waals surface area contributed by atoms with E-state index in [1.807, 2.05) is 11.7 Å². The summed E-state index contributed by atoms with van der Waals surface area (Å²) in [4.78, 5) is 0. The van der Waals surface area contributed by atoms with Crippen LogP contribution in [0.3, 0.4) is 0 Å². The van der Waals surface area contributed by atoms with Crippen LogP contribution in [-0.4, -0.2) is 21.0 Å². The number of aliphatic hydroxyl groups is 1. The molecule has 4 heteroatoms. The molecule has 1 fully saturated rings. The third-order valence-corrected chi connectivity index (χ3v) is 4.65. The second-order valence-corrected chi connectivity index (χ2v) is 5.85. The fourth-order valence-electron chi connectivity index (χ4n) is 2.00. The monoisotopic (exact) mass is 286 g/mol. The normalized spacial score (nSPS) is 19.8. The molecule has 16 heavy (non-hydrogen) atoms. The topological polar surface area (TPSA) is 38.0 Å². The van der Waals surface area contributed by atoms with Crippen LogP contribution in [0, 0.1) is 5.41 Å². The highest BCUT2D eigenvalue weighted by atomic mass is 79.9. The minimum Gasteiger partial charge on any atom is -0.392 e. The van der Waals surface area contributed by atoms with Gasteiger partial charge in [-0.15, -0.1) is 0 Å². The van der Waals surface area contributed by atoms with Crippen molar-refractivity contribution in [2.24, 2.45) is 12.5 Å². The van der Waals surface area contributed by atoms with Crippen LogP contribution in [0.5, 0.6) is 0 Å². The standard InChI is InChI=1S/C12H19BrN2O/c1-4-8-11(13)9(15(3)14-8)7-10(16)12(2)5-6-12/h10,16H,4-7H2,1-3H3. The Morgan fingerprint density at radius 1 is 1.56 bits per heavy atom. The fourth-order valence-corrected chi connectivity index (χ4v) is 2.78. The van der Waals surface area contributed by atoms with Crippen LogP contribution in [0.15, 0.2) is 4.47 Å². The lowest BCUT2D eigenvalue weighted by molar-refractivity contribution is 0.101. The van der Waals surface area contributed by atoms with Crippen molar-refractivity contribution in [3.63, 3.8) is 0 Å². The first-order valence-electron chi connectivity index (χ1n) is 5.86. The maximum absolute atomic E-state index is 10.2. The van der Waals surface area contributed by atoms with Gasteiger partial charge >= 0.3 is 0 Å². The third kappa shape index (κ3) is 2.05. The number of halogens is 1. The first kappa shape index (κ1) is 12.1. The number of hydrogen-bond donors (Lipinski definition) is 1. The second-order valence-electron chi connectivity index (χ2n) is 5.06. The number of rotatable bonds is 4. The Morgan fingerprint density at radius 2 is 2.19 bits per heavy atom. The van der Waals surface area contributed by atoms with E-state index >= 15 is 0 Å². The molecule has 1 aliphatic carbocycles. The van der Waals surface area contributed by atoms with Crippen molar-refractivity contribution in [1.29, 1.82) is 0 Å². The summed E-state index contributed by atoms with van der Waals surface area (Å²) in [6.07, 6.45) is 3.65. The Morgan fingerprint density at radius 3 is 2.62 bits per heavy atom. The van der Waals surface area contributed by atoms with Gasteiger partial charge in [0, 0.05) is 13.5 Å². The van der Waals surface area contributed by atoms with Crippen molar-refractivity contribution in [3.8, 4) is 0 Å². The van der Waals surface area contributed by atoms with Crippen LogP contribution in [-0.2, 0) is 19.9 Å². The van der Waals surface area contributed by atoms with Gasteiger partial charge < -0.3 is 5.11 Å². The summed E-state index contributed by atoms with van der Waals surface area (Å²) < 4.78 is 2.96. The van der Waals surface area contributed by atoms with E-state index in [1.54, 1.807) is 0 Å². The van der Waals surface area contributed by atoms with Crippen LogP contribution in [0.4, 0.5) is 0 Å². The largest absolute Gasteiger partial charge is 0.392 e. The lowest BCUT2D eigenvalue weighted by Gasteiger charge is -2.17. The number of aromatic nitrogens is 2. The van der Waals surface area contributed by atoms with E-state index in [1.165, 1.54) is 0 Å². The molecule has 1 unspecified atom stereocenters. The maximum Gasteiger partial charge on any atom is 0.0766 e. The summed E-state index contributed by atoms with van der Waals surface area (Å²) in [6.45, 7) is 4.25. The van der Waals surface area contributed by atoms with E-state index in [0.717, 1.165) is 35.1 Å². The Balaban J connectivity index is 2.17. The average Bonchev–Trinajstić information content (AvgIpc) is 2.94. The van der Waals surface area contributed by atoms with E-state index in [9.17, 15) is 5.11 Å². The highest BCUT2D eigenvalue weighted by Gasteiger charge is 2.44. The molecule has 0 bridgehead atoms. The van der Waals surface area contributed by atoms with Gasteiger partial charge in [-0.25, -0.2) is 0 Å². The molecule has 1 N–H and O–H groups in total. The lowest BCUT2D eigenvalue weighted by Crippen LogP contribution is -2.23. The predicted molar refractivity (Wildman–Crippen MR) is 67.3 cm³/mol. The Bertz CT molecular complexity index is 396. The highest BCUT2D eigenvalue weighted by Crippen LogP contribution is 2.49. The van der Waals surface area contributed by atoms with E-state index in [4.69, 9.17) is 0 Å². The van der Waals surface area contributed by atoms with Gasteiger partial charge in [0.05, 0.1) is 22.0 Å². The van der Waals surface area contributed by atoms with Crippen LogP contribution < -0.4 is 0 Å². The molecule has 0 radical (unpaired) electrons. The first-order chi connectivity index (χ1) is 7.48. The fraction of sp³-hybridized carbons (Fsp3) is 0.750. The third-order valence-electron chi connectivity index (χ3n) is 3.73. The molecule has 1 atom stereocenters. The summed E-state index contributed by atoms with van der Waals surface area (Å²) in [7, 11) is 1.95. The summed E-state index contributed by atoms with van der Waals surface area (Å²) >= 11 is 3.58. The van der Waals surface area contributed by atoms with Crippen molar-refractivity contribution in [2.75, 3.05) is 0 Å². The molecule has 1 heterocycles. The summed E-state index contributed by atoms with van der Waals surface area (Å²) in [5, 5.41) is 14.6. The number of aliphatic hydroxyl groups excluding tert-OH is 1. The quantitative estimate of drug-likeness (QED) is 0.923. The SMILES string of the molecule is CCc1nn(C)c(CC(O)C2(C)CC2)c1Br. The van der Waals surface area contributed by atoms with Crippen molar-refractivity contribution < 1.29 is 5.11 Å². The van der Waals surface area contributed by atoms with Gasteiger partial charge in [0.25, 0.3) is 0 Å². The number of aryl methyl sites for hydroxylation is 2. The predicted octanol–water partition coefficient (Wildman–Crippen LogP) is 2.45. The Hall–Kier alpha value is -0.350. The van der Waals surface area contributed by atoms with E-state index in [2.05, 4.69) is 34.9 Å². The summed E-state index contributed by atoms with van der Waals surface area (Å²) in [6, 6.07) is 0. The second kappa shape index (κ2) is 4.15. The van der Waals surface area contributed by atoms with Gasteiger partial charge in [-0.2, -0.15) is 5.10 Å². The maximum atomic E-state index is 10.2. The van der Waals surface area contributed by atoms with Crippen molar-refractivity contribution in [1.82, 2.24) is 9.78 Å². The molecule has 0 spiro atoms. The zero-order chi connectivity index (χ0) is 11.9. The van der Waals surface area contributed by atoms with Crippen LogP contribution in [0.25, 0.3) is 0 Å². The molecule has 0 amide bonds. The zero-order valence-corrected chi connectivity index (χ0v) is 11.7. The molecule has 90 valence electrons. The smallest absolute Gasteiger partial charge is 0.0766 e. The van der Waals surface area contributed by atoms with E-state index in [0.29, 0.717) is 6.42 Å². The van der Waals surface area contributed by atoms with Gasteiger partial charge in [0.15, 0.2) is 0 Å². The molecule has 0 saturated heterocycles. The molecule has 0 aliphatic heterocycles. The van der Waals surface area contributed by atoms with Crippen LogP contribution in [0.1, 0.15) is 38.1 Å². The molecule has 1 aliphatic rings. The van der Waals surface area contributed by atoms with Crippen molar-refractivity contribution in [3.05, 3.63) is 15.9 Å². The molecule has 2 rings (SSSR count). The summed E-state index contributed by atoms with van der Waals surface area (Å²) in [5.41, 5.74) is 2.33. The lowest BCUT2D eigenvalue weighted by atomic mass is 9.97. The minimum absolute atomic E-state index is 0.149. The number of nitrogens with zero attached hydrogens (tertiary/aromatic N) is 2. The Labute approximate surface area is 105 Å². The Kier molecular flexibility index (Phi) is 3.14. The van der Waals surface area contributed by atoms with Gasteiger partial charge in [-0.3, -0.25) is 4.68 Å². The molecule has 1 aromatic rings. The number of hydrogen-bond acceptors (Lipinski definition) is 2. The van der Waals surface area contributed by atoms with E-state index < -0.39 is 0 Å². The molecule has 3 nitrogen and oxygen atoms in total. The van der Waals surface area contributed by atoms with Gasteiger partial charge in [0.2, 0.25) is 0 Å². The van der Waals surface area contributed by atoms with Gasteiger partial charge in [0.1, 0.15) is 0 Å². The van der Waals surface area contributed by atoms with Gasteiger partial charge in [-0.1, -0.05) is 13.8 Å². The molecule has 1 saturated carbocycles. The zero-order valence-electron chi connectivity index (χ0n) is 10.1. The minimum atomic E-state index is -0.246. The average molecular weight is 287 g/mol. The van der Waals surface area contributed by atoms with E-state index in [-0.39, 0.29) is 11.5 Å². The van der Waals surface area contributed by atoms with Crippen molar-refractivity contribution in [2.45, 2.75) is 45.6 Å². The van der Waals surface area contributed by atoms with Gasteiger partial charge in [-0.05, 0) is 40.6 Å².